The summed E-state index contributed by atoms with van der Waals surface area (Å²) in [5.74, 6) is 3.85. The zero-order valence-corrected chi connectivity index (χ0v) is 9.31. The Morgan fingerprint density at radius 2 is 0.867 bits per heavy atom. The standard InChI is InChI=1S/C15H20/c1-5-10-11(6-2)15-9-14(10)12(7-3)13(15)8-4/h5-8,10-15H,1-4,9H2. The molecular formula is C15H20. The second-order valence-electron chi connectivity index (χ2n) is 4.82. The minimum Gasteiger partial charge on any atom is -0.103 e. The third kappa shape index (κ3) is 1.27. The van der Waals surface area contributed by atoms with Gasteiger partial charge in [0.15, 0.2) is 0 Å². The van der Waals surface area contributed by atoms with Gasteiger partial charge in [0.25, 0.3) is 0 Å². The van der Waals surface area contributed by atoms with Crippen molar-refractivity contribution in [3.8, 4) is 0 Å². The monoisotopic (exact) mass is 200 g/mol. The van der Waals surface area contributed by atoms with E-state index in [1.807, 2.05) is 0 Å². The number of rotatable bonds is 4. The molecule has 0 N–H and O–H groups in total. The van der Waals surface area contributed by atoms with E-state index in [2.05, 4.69) is 50.6 Å². The van der Waals surface area contributed by atoms with Crippen LogP contribution in [0.5, 0.6) is 0 Å². The van der Waals surface area contributed by atoms with Gasteiger partial charge in [-0.2, -0.15) is 0 Å². The van der Waals surface area contributed by atoms with Crippen molar-refractivity contribution in [3.05, 3.63) is 50.6 Å². The van der Waals surface area contributed by atoms with Gasteiger partial charge in [0.05, 0.1) is 0 Å². The first-order valence-corrected chi connectivity index (χ1v) is 5.78. The fourth-order valence-electron chi connectivity index (χ4n) is 3.93. The van der Waals surface area contributed by atoms with Crippen molar-refractivity contribution in [2.45, 2.75) is 6.42 Å². The Morgan fingerprint density at radius 3 is 1.07 bits per heavy atom. The first-order valence-electron chi connectivity index (χ1n) is 5.78. The number of fused-ring (bicyclic) bond motifs is 2. The van der Waals surface area contributed by atoms with Crippen molar-refractivity contribution in [1.29, 1.82) is 0 Å². The van der Waals surface area contributed by atoms with Crippen molar-refractivity contribution in [2.24, 2.45) is 35.5 Å². The summed E-state index contributed by atoms with van der Waals surface area (Å²) in [5, 5.41) is 0. The van der Waals surface area contributed by atoms with E-state index in [4.69, 9.17) is 0 Å². The van der Waals surface area contributed by atoms with E-state index < -0.39 is 0 Å². The Bertz CT molecular complexity index is 241. The molecule has 0 heterocycles. The predicted molar refractivity (Wildman–Crippen MR) is 66.3 cm³/mol. The highest BCUT2D eigenvalue weighted by Crippen LogP contribution is 2.59. The maximum atomic E-state index is 3.97. The maximum absolute atomic E-state index is 3.97. The van der Waals surface area contributed by atoms with Crippen molar-refractivity contribution in [1.82, 2.24) is 0 Å². The van der Waals surface area contributed by atoms with Gasteiger partial charge in [-0.25, -0.2) is 0 Å². The summed E-state index contributed by atoms with van der Waals surface area (Å²) < 4.78 is 0. The lowest BCUT2D eigenvalue weighted by molar-refractivity contribution is 0.215. The summed E-state index contributed by atoms with van der Waals surface area (Å²) >= 11 is 0. The quantitative estimate of drug-likeness (QED) is 0.605. The van der Waals surface area contributed by atoms with Crippen LogP contribution in [-0.4, -0.2) is 0 Å². The van der Waals surface area contributed by atoms with Crippen molar-refractivity contribution < 1.29 is 0 Å². The molecule has 0 aromatic rings. The SMILES string of the molecule is C=CC1C(C=C)C2CC1C(C=C)C2C=C. The summed E-state index contributed by atoms with van der Waals surface area (Å²) in [6.07, 6.45) is 9.76. The van der Waals surface area contributed by atoms with Crippen LogP contribution in [0.4, 0.5) is 0 Å². The Hall–Kier alpha value is -1.04. The van der Waals surface area contributed by atoms with Crippen LogP contribution in [-0.2, 0) is 0 Å². The molecule has 80 valence electrons. The van der Waals surface area contributed by atoms with Gasteiger partial charge >= 0.3 is 0 Å². The fraction of sp³-hybridized carbons (Fsp3) is 0.467. The van der Waals surface area contributed by atoms with Crippen LogP contribution in [0.25, 0.3) is 0 Å². The van der Waals surface area contributed by atoms with Crippen LogP contribution in [0.2, 0.25) is 0 Å². The molecule has 4 atom stereocenters. The van der Waals surface area contributed by atoms with E-state index in [0.29, 0.717) is 23.7 Å². The molecule has 0 saturated heterocycles. The third-order valence-electron chi connectivity index (χ3n) is 4.50. The normalized spacial score (nSPS) is 47.5. The Kier molecular flexibility index (Phi) is 2.68. The molecule has 2 rings (SSSR count). The third-order valence-corrected chi connectivity index (χ3v) is 4.50. The first-order chi connectivity index (χ1) is 7.28. The molecule has 2 bridgehead atoms. The van der Waals surface area contributed by atoms with E-state index in [9.17, 15) is 0 Å². The van der Waals surface area contributed by atoms with Crippen LogP contribution in [0.1, 0.15) is 6.42 Å². The molecule has 0 nitrogen and oxygen atoms in total. The number of hydrogen-bond acceptors (Lipinski definition) is 0. The molecule has 0 amide bonds. The second-order valence-corrected chi connectivity index (χ2v) is 4.82. The van der Waals surface area contributed by atoms with Gasteiger partial charge in [-0.1, -0.05) is 24.3 Å². The molecule has 0 radical (unpaired) electrons. The van der Waals surface area contributed by atoms with Crippen molar-refractivity contribution >= 4 is 0 Å². The Labute approximate surface area is 93.1 Å². The number of hydrogen-bond donors (Lipinski definition) is 0. The highest BCUT2D eigenvalue weighted by molar-refractivity contribution is 5.18. The predicted octanol–water partition coefficient (Wildman–Crippen LogP) is 3.84. The lowest BCUT2D eigenvalue weighted by Gasteiger charge is -2.36. The second kappa shape index (κ2) is 3.84. The molecule has 2 aliphatic carbocycles. The number of allylic oxidation sites excluding steroid dienone is 4. The van der Waals surface area contributed by atoms with E-state index in [-0.39, 0.29) is 0 Å². The molecule has 0 aliphatic heterocycles. The van der Waals surface area contributed by atoms with Crippen LogP contribution in [0, 0.1) is 35.5 Å². The molecule has 0 heteroatoms. The molecule has 2 aliphatic rings. The summed E-state index contributed by atoms with van der Waals surface area (Å²) in [7, 11) is 0. The molecule has 15 heavy (non-hydrogen) atoms. The van der Waals surface area contributed by atoms with E-state index in [1.165, 1.54) is 6.42 Å². The summed E-state index contributed by atoms with van der Waals surface area (Å²) in [4.78, 5) is 0. The minimum atomic E-state index is 0.603. The molecule has 0 aromatic carbocycles. The van der Waals surface area contributed by atoms with E-state index >= 15 is 0 Å². The average molecular weight is 200 g/mol. The van der Waals surface area contributed by atoms with Crippen molar-refractivity contribution in [2.75, 3.05) is 0 Å². The van der Waals surface area contributed by atoms with Crippen LogP contribution >= 0.6 is 0 Å². The van der Waals surface area contributed by atoms with Gasteiger partial charge in [0, 0.05) is 0 Å². The van der Waals surface area contributed by atoms with Gasteiger partial charge in [-0.05, 0) is 41.9 Å². The van der Waals surface area contributed by atoms with Gasteiger partial charge in [0.2, 0.25) is 0 Å². The molecule has 4 unspecified atom stereocenters. The van der Waals surface area contributed by atoms with Gasteiger partial charge < -0.3 is 0 Å². The zero-order valence-electron chi connectivity index (χ0n) is 9.31. The van der Waals surface area contributed by atoms with Crippen LogP contribution in [0.3, 0.4) is 0 Å². The molecule has 2 fully saturated rings. The molecule has 0 aromatic heterocycles. The summed E-state index contributed by atoms with van der Waals surface area (Å²) in [6.45, 7) is 15.9. The average Bonchev–Trinajstić information content (AvgIpc) is 2.80. The topological polar surface area (TPSA) is 0 Å². The van der Waals surface area contributed by atoms with E-state index in [0.717, 1.165) is 11.8 Å². The van der Waals surface area contributed by atoms with Gasteiger partial charge in [-0.3, -0.25) is 0 Å². The smallest absolute Gasteiger partial charge is 0.0136 e. The molecule has 2 saturated carbocycles. The highest BCUT2D eigenvalue weighted by atomic mass is 14.6. The van der Waals surface area contributed by atoms with E-state index in [1.54, 1.807) is 0 Å². The van der Waals surface area contributed by atoms with Gasteiger partial charge in [-0.15, -0.1) is 26.3 Å². The zero-order chi connectivity index (χ0) is 11.0. The summed E-state index contributed by atoms with van der Waals surface area (Å²) in [6, 6.07) is 0. The first kappa shape index (κ1) is 10.5. The Morgan fingerprint density at radius 1 is 0.600 bits per heavy atom. The van der Waals surface area contributed by atoms with Gasteiger partial charge in [0.1, 0.15) is 0 Å². The molecular weight excluding hydrogens is 180 g/mol. The lowest BCUT2D eigenvalue weighted by atomic mass is 9.68. The van der Waals surface area contributed by atoms with Crippen LogP contribution in [0.15, 0.2) is 50.6 Å². The highest BCUT2D eigenvalue weighted by Gasteiger charge is 2.53. The lowest BCUT2D eigenvalue weighted by Crippen LogP contribution is -2.31. The minimum absolute atomic E-state index is 0.603. The maximum Gasteiger partial charge on any atom is -0.0136 e. The Balaban J connectivity index is 2.32. The van der Waals surface area contributed by atoms with Crippen LogP contribution < -0.4 is 0 Å². The molecule has 0 spiro atoms. The van der Waals surface area contributed by atoms with Crippen molar-refractivity contribution in [3.63, 3.8) is 0 Å². The largest absolute Gasteiger partial charge is 0.103 e. The fourth-order valence-corrected chi connectivity index (χ4v) is 3.93. The summed E-state index contributed by atoms with van der Waals surface area (Å²) in [5.41, 5.74) is 0.